The van der Waals surface area contributed by atoms with Crippen LogP contribution in [0.2, 0.25) is 36.3 Å². The van der Waals surface area contributed by atoms with E-state index in [1.54, 1.807) is 0 Å². The molecule has 3 rings (SSSR count). The lowest BCUT2D eigenvalue weighted by Crippen LogP contribution is -2.53. The SMILES string of the molecule is CC[Si](CC)(CC)O[C@H]1[C@@H](C)CCC[C@H](OC(=O)c2ccc([N+](=O)[O-])cc2)[C@@H](N=[N+]=[N-])C[C@@H](C(C)=Cc2csc(C)n2)OC(=O)C[C@H](O[Si](CC)(CC)CC)C(C)(C)C(=O)[C@@H]1C. The van der Waals surface area contributed by atoms with Crippen molar-refractivity contribution in [1.82, 2.24) is 4.98 Å². The lowest BCUT2D eigenvalue weighted by atomic mass is 9.73. The molecular weight excluding hydrogens is 843 g/mol. The van der Waals surface area contributed by atoms with Gasteiger partial charge in [0.15, 0.2) is 16.6 Å². The van der Waals surface area contributed by atoms with Crippen LogP contribution in [0.5, 0.6) is 0 Å². The van der Waals surface area contributed by atoms with Crippen LogP contribution in [-0.4, -0.2) is 74.7 Å². The van der Waals surface area contributed by atoms with Gasteiger partial charge in [-0.1, -0.05) is 74.4 Å². The van der Waals surface area contributed by atoms with E-state index in [9.17, 15) is 25.2 Å². The van der Waals surface area contributed by atoms with Crippen LogP contribution in [0.4, 0.5) is 5.69 Å². The van der Waals surface area contributed by atoms with Crippen molar-refractivity contribution in [2.24, 2.45) is 22.4 Å². The van der Waals surface area contributed by atoms with E-state index in [0.29, 0.717) is 24.1 Å². The Labute approximate surface area is 375 Å². The molecule has 0 spiro atoms. The number of cyclic esters (lactones) is 1. The summed E-state index contributed by atoms with van der Waals surface area (Å²) in [6.45, 7) is 24.4. The van der Waals surface area contributed by atoms with Gasteiger partial charge >= 0.3 is 11.9 Å². The van der Waals surface area contributed by atoms with Crippen molar-refractivity contribution < 1.29 is 37.6 Å². The maximum absolute atomic E-state index is 15.2. The molecule has 14 nitrogen and oxygen atoms in total. The number of Topliss-reactive ketones (excluding diaryl/α,β-unsaturated/α-hetero) is 1. The number of nitro groups is 1. The molecule has 1 aromatic carbocycles. The molecule has 17 heteroatoms. The van der Waals surface area contributed by atoms with Crippen LogP contribution in [0.15, 0.2) is 40.3 Å². The number of ketones is 1. The molecule has 1 fully saturated rings. The highest BCUT2D eigenvalue weighted by Crippen LogP contribution is 2.40. The van der Waals surface area contributed by atoms with E-state index in [4.69, 9.17) is 18.3 Å². The number of nitro benzene ring substituents is 1. The van der Waals surface area contributed by atoms with Crippen molar-refractivity contribution >= 4 is 57.5 Å². The molecule has 344 valence electrons. The van der Waals surface area contributed by atoms with Gasteiger partial charge in [0.2, 0.25) is 0 Å². The Bertz CT molecular complexity index is 1880. The Morgan fingerprint density at radius 2 is 1.60 bits per heavy atom. The molecule has 0 amide bonds. The fraction of sp³-hybridized carbons (Fsp3) is 0.689. The van der Waals surface area contributed by atoms with Crippen LogP contribution in [0.1, 0.15) is 129 Å². The number of carbonyl (C=O) groups is 3. The maximum atomic E-state index is 15.2. The third-order valence-electron chi connectivity index (χ3n) is 13.5. The minimum absolute atomic E-state index is 0.0264. The summed E-state index contributed by atoms with van der Waals surface area (Å²) in [6.07, 6.45) is -0.136. The van der Waals surface area contributed by atoms with Gasteiger partial charge in [-0.25, -0.2) is 9.78 Å². The van der Waals surface area contributed by atoms with Gasteiger partial charge in [0.25, 0.3) is 5.69 Å². The van der Waals surface area contributed by atoms with Crippen LogP contribution in [0.3, 0.4) is 0 Å². The normalized spacial score (nSPS) is 24.8. The van der Waals surface area contributed by atoms with Crippen molar-refractivity contribution in [3.63, 3.8) is 0 Å². The fourth-order valence-electron chi connectivity index (χ4n) is 8.72. The van der Waals surface area contributed by atoms with Gasteiger partial charge < -0.3 is 18.3 Å². The molecule has 1 saturated heterocycles. The van der Waals surface area contributed by atoms with Crippen molar-refractivity contribution in [1.29, 1.82) is 0 Å². The van der Waals surface area contributed by atoms with Crippen molar-refractivity contribution in [2.45, 2.75) is 182 Å². The van der Waals surface area contributed by atoms with Crippen molar-refractivity contribution in [3.05, 3.63) is 72.0 Å². The van der Waals surface area contributed by atoms with Gasteiger partial charge in [-0.3, -0.25) is 19.7 Å². The summed E-state index contributed by atoms with van der Waals surface area (Å²) in [4.78, 5) is 62.0. The number of azide groups is 1. The van der Waals surface area contributed by atoms with Gasteiger partial charge in [-0.15, -0.1) is 11.3 Å². The summed E-state index contributed by atoms with van der Waals surface area (Å²) in [5.41, 5.74) is 10.1. The molecule has 0 bridgehead atoms. The summed E-state index contributed by atoms with van der Waals surface area (Å²) in [7, 11) is -4.64. The van der Waals surface area contributed by atoms with E-state index in [1.165, 1.54) is 35.6 Å². The standard InChI is InChI=1S/C45H71N5O9SSi2/c1-13-61(14-2,15-3)58-40-28-41(51)56-39(31(8)26-35-29-60-33(10)47-35)27-37(48-49-46)38(57-44(53)34-22-24-36(25-23-34)50(54)55)21-19-20-30(7)42(32(9)43(52)45(40,11)12)59-62(16-4,17-5)18-6/h22-26,29-30,32,37-40,42H,13-21,27-28H2,1-12H3/t30-,32+,37-,38-,39-,40-,42-/m0/s1. The van der Waals surface area contributed by atoms with Crippen LogP contribution in [0.25, 0.3) is 16.5 Å². The fourth-order valence-corrected chi connectivity index (χ4v) is 15.3. The number of hydrogen-bond donors (Lipinski definition) is 0. The van der Waals surface area contributed by atoms with Gasteiger partial charge in [-0.05, 0) is 105 Å². The van der Waals surface area contributed by atoms with E-state index in [1.807, 2.05) is 46.1 Å². The van der Waals surface area contributed by atoms with Gasteiger partial charge in [0, 0.05) is 40.2 Å². The smallest absolute Gasteiger partial charge is 0.338 e. The Morgan fingerprint density at radius 1 is 1.02 bits per heavy atom. The molecule has 1 aromatic heterocycles. The Kier molecular flexibility index (Phi) is 20.2. The first-order valence-electron chi connectivity index (χ1n) is 22.5. The van der Waals surface area contributed by atoms with Crippen molar-refractivity contribution in [3.8, 4) is 0 Å². The number of aryl methyl sites for hydroxylation is 1. The van der Waals surface area contributed by atoms with Gasteiger partial charge in [0.1, 0.15) is 18.0 Å². The first-order valence-corrected chi connectivity index (χ1v) is 28.4. The zero-order valence-corrected chi connectivity index (χ0v) is 41.9. The lowest BCUT2D eigenvalue weighted by molar-refractivity contribution is -0.384. The third-order valence-corrected chi connectivity index (χ3v) is 23.6. The Hall–Kier alpha value is -3.74. The van der Waals surface area contributed by atoms with Crippen LogP contribution in [0, 0.1) is 34.3 Å². The number of hydrogen-bond acceptors (Lipinski definition) is 12. The van der Waals surface area contributed by atoms with E-state index in [2.05, 4.69) is 63.5 Å². The monoisotopic (exact) mass is 913 g/mol. The number of benzene rings is 1. The molecule has 0 N–H and O–H groups in total. The minimum Gasteiger partial charge on any atom is -0.458 e. The molecule has 7 atom stereocenters. The van der Waals surface area contributed by atoms with E-state index in [-0.39, 0.29) is 42.2 Å². The highest BCUT2D eigenvalue weighted by Gasteiger charge is 2.48. The average molecular weight is 914 g/mol. The molecule has 2 aromatic rings. The number of esters is 2. The number of ether oxygens (including phenoxy) is 2. The van der Waals surface area contributed by atoms with E-state index >= 15 is 4.79 Å². The summed E-state index contributed by atoms with van der Waals surface area (Å²) in [5.74, 6) is -1.99. The average Bonchev–Trinajstić information content (AvgIpc) is 3.67. The maximum Gasteiger partial charge on any atom is 0.338 e. The number of non-ortho nitro benzene ring substituents is 1. The van der Waals surface area contributed by atoms with E-state index < -0.39 is 75.3 Å². The topological polar surface area (TPSA) is 193 Å². The zero-order valence-electron chi connectivity index (χ0n) is 39.1. The number of nitrogens with zero attached hydrogens (tertiary/aromatic N) is 5. The molecular formula is C45H71N5O9SSi2. The predicted molar refractivity (Wildman–Crippen MR) is 250 cm³/mol. The minimum atomic E-state index is -2.39. The molecule has 0 saturated carbocycles. The number of thiazole rings is 1. The second-order valence-corrected chi connectivity index (χ2v) is 28.1. The summed E-state index contributed by atoms with van der Waals surface area (Å²) in [6, 6.07) is 9.27. The second kappa shape index (κ2) is 23.8. The van der Waals surface area contributed by atoms with E-state index in [0.717, 1.165) is 41.3 Å². The molecule has 2 heterocycles. The molecule has 1 aliphatic rings. The molecule has 0 aliphatic carbocycles. The molecule has 0 radical (unpaired) electrons. The highest BCUT2D eigenvalue weighted by atomic mass is 32.1. The predicted octanol–water partition coefficient (Wildman–Crippen LogP) is 12.2. The third kappa shape index (κ3) is 13.6. The van der Waals surface area contributed by atoms with Crippen LogP contribution in [-0.2, 0) is 27.9 Å². The number of aromatic nitrogens is 1. The zero-order chi connectivity index (χ0) is 46.4. The quantitative estimate of drug-likeness (QED) is 0.0297. The largest absolute Gasteiger partial charge is 0.458 e. The van der Waals surface area contributed by atoms with Crippen LogP contribution >= 0.6 is 11.3 Å². The molecule has 0 unspecified atom stereocenters. The lowest BCUT2D eigenvalue weighted by Gasteiger charge is -2.44. The molecule has 1 aliphatic heterocycles. The van der Waals surface area contributed by atoms with Gasteiger partial charge in [-0.2, -0.15) is 0 Å². The number of rotatable bonds is 16. The van der Waals surface area contributed by atoms with Crippen molar-refractivity contribution in [2.75, 3.05) is 0 Å². The second-order valence-electron chi connectivity index (χ2n) is 17.6. The van der Waals surface area contributed by atoms with Crippen LogP contribution < -0.4 is 0 Å². The molecule has 62 heavy (non-hydrogen) atoms. The first kappa shape index (κ1) is 52.6. The first-order chi connectivity index (χ1) is 29.3. The highest BCUT2D eigenvalue weighted by molar-refractivity contribution is 7.09. The summed E-state index contributed by atoms with van der Waals surface area (Å²) >= 11 is 1.48. The number of carbonyl (C=O) groups excluding carboxylic acids is 3. The summed E-state index contributed by atoms with van der Waals surface area (Å²) < 4.78 is 26.9. The Morgan fingerprint density at radius 3 is 2.11 bits per heavy atom. The summed E-state index contributed by atoms with van der Waals surface area (Å²) in [5, 5.41) is 18.3. The Balaban J connectivity index is 2.26. The van der Waals surface area contributed by atoms with Gasteiger partial charge in [0.05, 0.1) is 45.9 Å².